The lowest BCUT2D eigenvalue weighted by molar-refractivity contribution is 0.367. The summed E-state index contributed by atoms with van der Waals surface area (Å²) in [6.45, 7) is 1.15. The first kappa shape index (κ1) is 18.0. The van der Waals surface area contributed by atoms with Gasteiger partial charge in [-0.15, -0.1) is 0 Å². The standard InChI is InChI=1S/C16H26FN3O2S/c1-20(2)9-3-8-19-15-5-4-13(10-14(15)18)23(21,22)12-16(11-17)6-7-16/h4-5,10,19H,3,6-9,11-12,18H2,1-2H3. The Morgan fingerprint density at radius 2 is 2.04 bits per heavy atom. The van der Waals surface area contributed by atoms with Crippen molar-refractivity contribution in [2.45, 2.75) is 24.2 Å². The smallest absolute Gasteiger partial charge is 0.179 e. The zero-order valence-electron chi connectivity index (χ0n) is 13.8. The van der Waals surface area contributed by atoms with E-state index in [-0.39, 0.29) is 10.6 Å². The number of hydrogen-bond acceptors (Lipinski definition) is 5. The van der Waals surface area contributed by atoms with E-state index in [4.69, 9.17) is 5.73 Å². The van der Waals surface area contributed by atoms with E-state index in [1.807, 2.05) is 14.1 Å². The first-order valence-corrected chi connectivity index (χ1v) is 9.50. The molecule has 0 spiro atoms. The molecule has 1 aromatic rings. The van der Waals surface area contributed by atoms with Crippen molar-refractivity contribution < 1.29 is 12.8 Å². The van der Waals surface area contributed by atoms with Crippen molar-refractivity contribution in [1.29, 1.82) is 0 Å². The summed E-state index contributed by atoms with van der Waals surface area (Å²) in [7, 11) is 0.526. The summed E-state index contributed by atoms with van der Waals surface area (Å²) in [5.74, 6) is -0.133. The van der Waals surface area contributed by atoms with Crippen LogP contribution in [0.15, 0.2) is 23.1 Å². The number of anilines is 2. The van der Waals surface area contributed by atoms with Crippen LogP contribution >= 0.6 is 0 Å². The van der Waals surface area contributed by atoms with Gasteiger partial charge in [-0.1, -0.05) is 0 Å². The molecule has 1 saturated carbocycles. The molecule has 5 nitrogen and oxygen atoms in total. The molecule has 0 radical (unpaired) electrons. The minimum Gasteiger partial charge on any atom is -0.397 e. The first-order chi connectivity index (χ1) is 10.8. The van der Waals surface area contributed by atoms with Gasteiger partial charge in [-0.25, -0.2) is 8.42 Å². The van der Waals surface area contributed by atoms with Crippen LogP contribution < -0.4 is 11.1 Å². The second-order valence-electron chi connectivity index (χ2n) is 6.73. The van der Waals surface area contributed by atoms with Gasteiger partial charge < -0.3 is 16.0 Å². The summed E-state index contributed by atoms with van der Waals surface area (Å²) in [6, 6.07) is 4.71. The zero-order valence-corrected chi connectivity index (χ0v) is 14.6. The molecule has 1 fully saturated rings. The van der Waals surface area contributed by atoms with Gasteiger partial charge >= 0.3 is 0 Å². The Hall–Kier alpha value is -1.34. The molecule has 0 aromatic heterocycles. The topological polar surface area (TPSA) is 75.4 Å². The van der Waals surface area contributed by atoms with E-state index in [0.29, 0.717) is 18.5 Å². The molecule has 0 saturated heterocycles. The molecule has 23 heavy (non-hydrogen) atoms. The third-order valence-electron chi connectivity index (χ3n) is 4.22. The molecule has 1 aliphatic rings. The number of nitrogens with zero attached hydrogens (tertiary/aromatic N) is 1. The number of alkyl halides is 1. The van der Waals surface area contributed by atoms with Gasteiger partial charge in [0.2, 0.25) is 0 Å². The number of rotatable bonds is 9. The van der Waals surface area contributed by atoms with Crippen molar-refractivity contribution >= 4 is 21.2 Å². The summed E-state index contributed by atoms with van der Waals surface area (Å²) >= 11 is 0. The van der Waals surface area contributed by atoms with Gasteiger partial charge in [0.1, 0.15) is 0 Å². The second kappa shape index (κ2) is 7.05. The SMILES string of the molecule is CN(C)CCCNc1ccc(S(=O)(=O)CC2(CF)CC2)cc1N. The van der Waals surface area contributed by atoms with E-state index in [2.05, 4.69) is 10.2 Å². The summed E-state index contributed by atoms with van der Waals surface area (Å²) < 4.78 is 37.7. The highest BCUT2D eigenvalue weighted by atomic mass is 32.2. The van der Waals surface area contributed by atoms with E-state index in [0.717, 1.165) is 25.2 Å². The molecule has 0 unspecified atom stereocenters. The fourth-order valence-corrected chi connectivity index (χ4v) is 4.41. The number of hydrogen-bond donors (Lipinski definition) is 2. The average molecular weight is 343 g/mol. The van der Waals surface area contributed by atoms with Crippen LogP contribution in [0, 0.1) is 5.41 Å². The highest BCUT2D eigenvalue weighted by Gasteiger charge is 2.46. The monoisotopic (exact) mass is 343 g/mol. The third kappa shape index (κ3) is 4.81. The molecule has 0 heterocycles. The van der Waals surface area contributed by atoms with Crippen LogP contribution in [0.2, 0.25) is 0 Å². The van der Waals surface area contributed by atoms with Crippen LogP contribution in [0.5, 0.6) is 0 Å². The van der Waals surface area contributed by atoms with E-state index in [1.54, 1.807) is 12.1 Å². The quantitative estimate of drug-likeness (QED) is 0.531. The molecular weight excluding hydrogens is 317 g/mol. The maximum atomic E-state index is 13.0. The molecule has 7 heteroatoms. The Balaban J connectivity index is 2.01. The molecule has 1 aromatic carbocycles. The lowest BCUT2D eigenvalue weighted by Crippen LogP contribution is -2.19. The zero-order chi connectivity index (χ0) is 17.1. The first-order valence-electron chi connectivity index (χ1n) is 7.85. The molecule has 130 valence electrons. The largest absolute Gasteiger partial charge is 0.397 e. The van der Waals surface area contributed by atoms with Crippen molar-refractivity contribution in [1.82, 2.24) is 4.90 Å². The highest BCUT2D eigenvalue weighted by molar-refractivity contribution is 7.91. The molecule has 2 rings (SSSR count). The van der Waals surface area contributed by atoms with E-state index < -0.39 is 21.9 Å². The lowest BCUT2D eigenvalue weighted by atomic mass is 10.2. The summed E-state index contributed by atoms with van der Waals surface area (Å²) in [5.41, 5.74) is 6.44. The van der Waals surface area contributed by atoms with Crippen molar-refractivity contribution in [3.05, 3.63) is 18.2 Å². The normalized spacial score (nSPS) is 16.5. The average Bonchev–Trinajstić information content (AvgIpc) is 3.24. The van der Waals surface area contributed by atoms with Crippen molar-refractivity contribution in [2.24, 2.45) is 5.41 Å². The Kier molecular flexibility index (Phi) is 5.52. The van der Waals surface area contributed by atoms with Crippen molar-refractivity contribution in [3.8, 4) is 0 Å². The summed E-state index contributed by atoms with van der Waals surface area (Å²) in [4.78, 5) is 2.27. The van der Waals surface area contributed by atoms with Crippen LogP contribution in [0.4, 0.5) is 15.8 Å². The van der Waals surface area contributed by atoms with Gasteiger partial charge in [0.15, 0.2) is 9.84 Å². The number of benzene rings is 1. The van der Waals surface area contributed by atoms with Crippen LogP contribution in [0.25, 0.3) is 0 Å². The maximum Gasteiger partial charge on any atom is 0.179 e. The fraction of sp³-hybridized carbons (Fsp3) is 0.625. The summed E-state index contributed by atoms with van der Waals surface area (Å²) in [6.07, 6.45) is 2.25. The van der Waals surface area contributed by atoms with Gasteiger partial charge in [0.05, 0.1) is 28.7 Å². The predicted molar refractivity (Wildman–Crippen MR) is 92.2 cm³/mol. The highest BCUT2D eigenvalue weighted by Crippen LogP contribution is 2.48. The maximum absolute atomic E-state index is 13.0. The number of sulfone groups is 1. The molecule has 3 N–H and O–H groups in total. The summed E-state index contributed by atoms with van der Waals surface area (Å²) in [5, 5.41) is 3.21. The minimum absolute atomic E-state index is 0.133. The van der Waals surface area contributed by atoms with Gasteiger partial charge in [-0.2, -0.15) is 0 Å². The van der Waals surface area contributed by atoms with E-state index in [9.17, 15) is 12.8 Å². The number of nitrogen functional groups attached to an aromatic ring is 1. The van der Waals surface area contributed by atoms with Crippen molar-refractivity contribution in [2.75, 3.05) is 50.7 Å². The van der Waals surface area contributed by atoms with Crippen molar-refractivity contribution in [3.63, 3.8) is 0 Å². The van der Waals surface area contributed by atoms with Crippen LogP contribution in [-0.4, -0.2) is 52.9 Å². The third-order valence-corrected chi connectivity index (χ3v) is 6.18. The van der Waals surface area contributed by atoms with Gasteiger partial charge in [-0.05, 0) is 58.1 Å². The number of nitrogens with one attached hydrogen (secondary N) is 1. The van der Waals surface area contributed by atoms with E-state index in [1.165, 1.54) is 6.07 Å². The molecule has 0 bridgehead atoms. The lowest BCUT2D eigenvalue weighted by Gasteiger charge is -2.14. The molecule has 0 atom stereocenters. The number of halogens is 1. The number of nitrogens with two attached hydrogens (primary N) is 1. The molecule has 1 aliphatic carbocycles. The van der Waals surface area contributed by atoms with Crippen LogP contribution in [-0.2, 0) is 9.84 Å². The molecule has 0 aliphatic heterocycles. The molecular formula is C16H26FN3O2S. The minimum atomic E-state index is -3.50. The fourth-order valence-electron chi connectivity index (χ4n) is 2.49. The van der Waals surface area contributed by atoms with Crippen LogP contribution in [0.1, 0.15) is 19.3 Å². The molecule has 0 amide bonds. The Bertz CT molecular complexity index is 643. The predicted octanol–water partition coefficient (Wildman–Crippen LogP) is 2.16. The van der Waals surface area contributed by atoms with Gasteiger partial charge in [0.25, 0.3) is 0 Å². The second-order valence-corrected chi connectivity index (χ2v) is 8.71. The Labute approximate surface area is 138 Å². The van der Waals surface area contributed by atoms with Gasteiger partial charge in [0, 0.05) is 12.0 Å². The van der Waals surface area contributed by atoms with E-state index >= 15 is 0 Å². The van der Waals surface area contributed by atoms with Crippen LogP contribution in [0.3, 0.4) is 0 Å². The Morgan fingerprint density at radius 1 is 1.35 bits per heavy atom. The Morgan fingerprint density at radius 3 is 2.57 bits per heavy atom. The van der Waals surface area contributed by atoms with Gasteiger partial charge in [-0.3, -0.25) is 4.39 Å².